The Morgan fingerprint density at radius 2 is 2.00 bits per heavy atom. The van der Waals surface area contributed by atoms with Gasteiger partial charge in [0.2, 0.25) is 0 Å². The second kappa shape index (κ2) is 8.36. The zero-order valence-electron chi connectivity index (χ0n) is 13.8. The molecule has 2 atom stereocenters. The van der Waals surface area contributed by atoms with Crippen LogP contribution in [0.1, 0.15) is 18.2 Å². The Balaban J connectivity index is 2.10. The van der Waals surface area contributed by atoms with Gasteiger partial charge in [-0.2, -0.15) is 13.2 Å². The summed E-state index contributed by atoms with van der Waals surface area (Å²) in [5, 5.41) is 0.225. The third kappa shape index (κ3) is 6.07. The number of nitrogens with zero attached hydrogens (tertiary/aromatic N) is 3. The van der Waals surface area contributed by atoms with Gasteiger partial charge in [-0.15, -0.1) is 0 Å². The largest absolute Gasteiger partial charge is 0.406 e. The second-order valence-corrected chi connectivity index (χ2v) is 6.78. The molecule has 1 heterocycles. The zero-order chi connectivity index (χ0) is 18.4. The SMILES string of the molecule is CN=C(N=C(C)C(N)Cc1cnc[nH]1)c1ccc(PC(F)(F)F)cc1. The Bertz CT molecular complexity index is 736. The Morgan fingerprint density at radius 1 is 1.32 bits per heavy atom. The van der Waals surface area contributed by atoms with Crippen LogP contribution in [0.2, 0.25) is 0 Å². The monoisotopic (exact) mass is 369 g/mol. The number of benzene rings is 1. The number of H-pyrrole nitrogens is 1. The van der Waals surface area contributed by atoms with E-state index in [1.807, 2.05) is 0 Å². The van der Waals surface area contributed by atoms with Crippen molar-refractivity contribution in [3.05, 3.63) is 48.0 Å². The number of aromatic nitrogens is 2. The average molecular weight is 369 g/mol. The lowest BCUT2D eigenvalue weighted by Crippen LogP contribution is -2.31. The maximum atomic E-state index is 12.4. The first-order valence-electron chi connectivity index (χ1n) is 7.48. The lowest BCUT2D eigenvalue weighted by Gasteiger charge is -2.11. The van der Waals surface area contributed by atoms with Crippen LogP contribution in [0.4, 0.5) is 13.2 Å². The van der Waals surface area contributed by atoms with Crippen molar-refractivity contribution in [2.45, 2.75) is 25.3 Å². The Labute approximate surface area is 145 Å². The molecule has 2 aromatic rings. The van der Waals surface area contributed by atoms with E-state index in [2.05, 4.69) is 20.0 Å². The van der Waals surface area contributed by atoms with E-state index < -0.39 is 14.5 Å². The maximum Gasteiger partial charge on any atom is 0.406 e. The molecular formula is C16H19F3N5P. The number of nitrogens with two attached hydrogens (primary N) is 1. The Hall–Kier alpha value is -2.05. The number of halogens is 3. The summed E-state index contributed by atoms with van der Waals surface area (Å²) in [5.74, 6) is -3.77. The summed E-state index contributed by atoms with van der Waals surface area (Å²) in [7, 11) is 0.360. The van der Waals surface area contributed by atoms with Crippen LogP contribution >= 0.6 is 8.58 Å². The molecule has 1 aromatic heterocycles. The highest BCUT2D eigenvalue weighted by Crippen LogP contribution is 2.35. The topological polar surface area (TPSA) is 79.4 Å². The van der Waals surface area contributed by atoms with Crippen molar-refractivity contribution in [3.63, 3.8) is 0 Å². The summed E-state index contributed by atoms with van der Waals surface area (Å²) in [6.45, 7) is 1.80. The van der Waals surface area contributed by atoms with Crippen LogP contribution in [0.3, 0.4) is 0 Å². The van der Waals surface area contributed by atoms with E-state index in [4.69, 9.17) is 5.73 Å². The molecule has 134 valence electrons. The molecule has 0 saturated heterocycles. The number of aromatic amines is 1. The molecule has 25 heavy (non-hydrogen) atoms. The molecule has 1 aromatic carbocycles. The van der Waals surface area contributed by atoms with Gasteiger partial charge in [-0.25, -0.2) is 9.98 Å². The van der Waals surface area contributed by atoms with Crippen molar-refractivity contribution in [2.24, 2.45) is 15.7 Å². The predicted molar refractivity (Wildman–Crippen MR) is 96.3 cm³/mol. The fourth-order valence-corrected chi connectivity index (χ4v) is 2.80. The number of alkyl halides is 3. The van der Waals surface area contributed by atoms with E-state index >= 15 is 0 Å². The molecule has 0 aliphatic carbocycles. The predicted octanol–water partition coefficient (Wildman–Crippen LogP) is 2.64. The van der Waals surface area contributed by atoms with Gasteiger partial charge in [-0.3, -0.25) is 4.99 Å². The molecule has 0 amide bonds. The quantitative estimate of drug-likeness (QED) is 0.483. The van der Waals surface area contributed by atoms with Gasteiger partial charge in [0.1, 0.15) is 0 Å². The van der Waals surface area contributed by atoms with Gasteiger partial charge in [0.15, 0.2) is 5.84 Å². The molecule has 0 bridgehead atoms. The van der Waals surface area contributed by atoms with Gasteiger partial charge < -0.3 is 10.7 Å². The number of amidine groups is 1. The van der Waals surface area contributed by atoms with Crippen LogP contribution in [0.5, 0.6) is 0 Å². The third-order valence-corrected chi connectivity index (χ3v) is 4.36. The van der Waals surface area contributed by atoms with Gasteiger partial charge in [0.25, 0.3) is 0 Å². The molecule has 2 rings (SSSR count). The normalized spacial score (nSPS) is 15.1. The molecule has 2 unspecified atom stereocenters. The number of rotatable bonds is 5. The zero-order valence-corrected chi connectivity index (χ0v) is 14.8. The smallest absolute Gasteiger partial charge is 0.348 e. The molecule has 5 nitrogen and oxygen atoms in total. The maximum absolute atomic E-state index is 12.4. The molecule has 0 fully saturated rings. The average Bonchev–Trinajstić information content (AvgIpc) is 3.04. The van der Waals surface area contributed by atoms with Crippen molar-refractivity contribution in [1.29, 1.82) is 0 Å². The van der Waals surface area contributed by atoms with Gasteiger partial charge in [0.05, 0.1) is 6.33 Å². The summed E-state index contributed by atoms with van der Waals surface area (Å²) in [5.41, 5.74) is 8.35. The van der Waals surface area contributed by atoms with Crippen LogP contribution < -0.4 is 11.0 Å². The number of nitrogens with one attached hydrogen (secondary N) is 1. The van der Waals surface area contributed by atoms with Crippen molar-refractivity contribution in [2.75, 3.05) is 7.05 Å². The Kier molecular flexibility index (Phi) is 6.45. The summed E-state index contributed by atoms with van der Waals surface area (Å²) in [4.78, 5) is 15.5. The van der Waals surface area contributed by atoms with E-state index in [1.165, 1.54) is 12.1 Å². The summed E-state index contributed by atoms with van der Waals surface area (Å²) < 4.78 is 37.3. The first kappa shape index (κ1) is 19.3. The minimum absolute atomic E-state index is 0.225. The first-order valence-corrected chi connectivity index (χ1v) is 8.48. The van der Waals surface area contributed by atoms with Crippen LogP contribution in [-0.4, -0.2) is 40.5 Å². The third-order valence-electron chi connectivity index (χ3n) is 3.45. The molecule has 0 saturated carbocycles. The number of hydrogen-bond acceptors (Lipinski definition) is 3. The molecule has 0 radical (unpaired) electrons. The minimum Gasteiger partial charge on any atom is -0.348 e. The van der Waals surface area contributed by atoms with Crippen LogP contribution in [-0.2, 0) is 6.42 Å². The summed E-state index contributed by atoms with van der Waals surface area (Å²) in [6, 6.07) is 5.76. The van der Waals surface area contributed by atoms with Crippen LogP contribution in [0, 0.1) is 0 Å². The van der Waals surface area contributed by atoms with E-state index in [0.717, 1.165) is 5.69 Å². The van der Waals surface area contributed by atoms with Gasteiger partial charge in [0, 0.05) is 51.3 Å². The summed E-state index contributed by atoms with van der Waals surface area (Å²) in [6.07, 6.45) is 3.83. The van der Waals surface area contributed by atoms with Gasteiger partial charge >= 0.3 is 5.92 Å². The number of aliphatic imine (C=N–C) groups is 2. The molecular weight excluding hydrogens is 350 g/mol. The van der Waals surface area contributed by atoms with E-state index in [-0.39, 0.29) is 11.3 Å². The minimum atomic E-state index is -4.20. The lowest BCUT2D eigenvalue weighted by molar-refractivity contribution is -0.0359. The Morgan fingerprint density at radius 3 is 2.52 bits per heavy atom. The molecule has 0 aliphatic rings. The van der Waals surface area contributed by atoms with E-state index in [0.29, 0.717) is 23.5 Å². The lowest BCUT2D eigenvalue weighted by atomic mass is 10.1. The molecule has 0 aliphatic heterocycles. The molecule has 0 spiro atoms. The highest BCUT2D eigenvalue weighted by molar-refractivity contribution is 7.48. The van der Waals surface area contributed by atoms with Crippen LogP contribution in [0.15, 0.2) is 46.8 Å². The fraction of sp³-hybridized carbons (Fsp3) is 0.312. The number of hydrogen-bond donors (Lipinski definition) is 2. The van der Waals surface area contributed by atoms with Crippen molar-refractivity contribution < 1.29 is 13.2 Å². The highest BCUT2D eigenvalue weighted by Gasteiger charge is 2.27. The van der Waals surface area contributed by atoms with Crippen molar-refractivity contribution in [1.82, 2.24) is 9.97 Å². The molecule has 9 heteroatoms. The van der Waals surface area contributed by atoms with E-state index in [9.17, 15) is 13.2 Å². The van der Waals surface area contributed by atoms with Crippen LogP contribution in [0.25, 0.3) is 0 Å². The first-order chi connectivity index (χ1) is 11.8. The van der Waals surface area contributed by atoms with Crippen molar-refractivity contribution >= 4 is 25.4 Å². The standard InChI is InChI=1S/C16H19F3N5P/c1-10(14(20)7-12-8-22-9-23-12)24-15(21-2)11-3-5-13(6-4-11)25-16(17,18)19/h3-6,8-9,14,25H,7,20H2,1-2H3,(H,22,23). The van der Waals surface area contributed by atoms with Gasteiger partial charge in [-0.05, 0) is 12.2 Å². The molecule has 3 N–H and O–H groups in total. The van der Waals surface area contributed by atoms with Crippen molar-refractivity contribution in [3.8, 4) is 0 Å². The number of imidazole rings is 1. The summed E-state index contributed by atoms with van der Waals surface area (Å²) >= 11 is 0. The second-order valence-electron chi connectivity index (χ2n) is 5.39. The van der Waals surface area contributed by atoms with E-state index in [1.54, 1.807) is 38.6 Å². The fourth-order valence-electron chi connectivity index (χ4n) is 2.14. The highest BCUT2D eigenvalue weighted by atomic mass is 31.1. The van der Waals surface area contributed by atoms with Gasteiger partial charge in [-0.1, -0.05) is 24.3 Å².